The van der Waals surface area contributed by atoms with Gasteiger partial charge in [-0.25, -0.2) is 0 Å². The number of aromatic hydroxyl groups is 1. The summed E-state index contributed by atoms with van der Waals surface area (Å²) in [5.74, 6) is 0.124. The third-order valence-electron chi connectivity index (χ3n) is 3.72. The molecule has 0 aliphatic rings. The molecule has 3 aromatic rings. The first-order valence-electron chi connectivity index (χ1n) is 7.36. The highest BCUT2D eigenvalue weighted by Crippen LogP contribution is 2.35. The van der Waals surface area contributed by atoms with E-state index in [2.05, 4.69) is 10.3 Å². The number of benzene rings is 1. The van der Waals surface area contributed by atoms with E-state index in [1.807, 2.05) is 0 Å². The molecule has 0 spiro atoms. The SMILES string of the molecule is COc1cc2[nH]c(=O)c(C(=O)NCc3ccco3)c(O)c2cc1OC. The molecule has 0 atom stereocenters. The van der Waals surface area contributed by atoms with Crippen LogP contribution in [0.3, 0.4) is 0 Å². The average molecular weight is 344 g/mol. The first-order chi connectivity index (χ1) is 12.0. The Morgan fingerprint density at radius 3 is 2.64 bits per heavy atom. The van der Waals surface area contributed by atoms with Crippen LogP contribution in [0.1, 0.15) is 16.1 Å². The lowest BCUT2D eigenvalue weighted by Gasteiger charge is -2.12. The number of ether oxygens (including phenoxy) is 2. The Bertz CT molecular complexity index is 975. The van der Waals surface area contributed by atoms with Crippen LogP contribution in [0.4, 0.5) is 0 Å². The van der Waals surface area contributed by atoms with Gasteiger partial charge in [0.05, 0.1) is 32.5 Å². The van der Waals surface area contributed by atoms with Crippen LogP contribution in [-0.4, -0.2) is 30.2 Å². The highest BCUT2D eigenvalue weighted by Gasteiger charge is 2.21. The van der Waals surface area contributed by atoms with Gasteiger partial charge in [-0.15, -0.1) is 0 Å². The van der Waals surface area contributed by atoms with Crippen LogP contribution >= 0.6 is 0 Å². The summed E-state index contributed by atoms with van der Waals surface area (Å²) in [7, 11) is 2.90. The summed E-state index contributed by atoms with van der Waals surface area (Å²) < 4.78 is 15.5. The van der Waals surface area contributed by atoms with Crippen LogP contribution in [0.25, 0.3) is 10.9 Å². The third kappa shape index (κ3) is 3.01. The first kappa shape index (κ1) is 16.4. The molecule has 0 unspecified atom stereocenters. The number of hydrogen-bond donors (Lipinski definition) is 3. The molecule has 2 heterocycles. The zero-order valence-corrected chi connectivity index (χ0v) is 13.6. The van der Waals surface area contributed by atoms with Crippen LogP contribution in [-0.2, 0) is 6.54 Å². The predicted octanol–water partition coefficient (Wildman–Crippen LogP) is 1.77. The Morgan fingerprint density at radius 1 is 1.28 bits per heavy atom. The van der Waals surface area contributed by atoms with Crippen LogP contribution in [0, 0.1) is 0 Å². The second kappa shape index (κ2) is 6.60. The second-order valence-corrected chi connectivity index (χ2v) is 5.19. The van der Waals surface area contributed by atoms with Gasteiger partial charge in [0.25, 0.3) is 11.5 Å². The van der Waals surface area contributed by atoms with Gasteiger partial charge in [-0.2, -0.15) is 0 Å². The maximum atomic E-state index is 12.3. The molecule has 1 aromatic carbocycles. The zero-order valence-electron chi connectivity index (χ0n) is 13.6. The number of methoxy groups -OCH3 is 2. The molecule has 0 saturated carbocycles. The summed E-state index contributed by atoms with van der Waals surface area (Å²) >= 11 is 0. The normalized spacial score (nSPS) is 10.6. The summed E-state index contributed by atoms with van der Waals surface area (Å²) in [5, 5.41) is 13.2. The number of hydrogen-bond acceptors (Lipinski definition) is 6. The number of carbonyl (C=O) groups is 1. The summed E-state index contributed by atoms with van der Waals surface area (Å²) in [6.07, 6.45) is 1.47. The first-order valence-corrected chi connectivity index (χ1v) is 7.36. The summed E-state index contributed by atoms with van der Waals surface area (Å²) in [5.41, 5.74) is -0.775. The molecule has 1 amide bonds. The van der Waals surface area contributed by atoms with Gasteiger partial charge in [-0.1, -0.05) is 0 Å². The van der Waals surface area contributed by atoms with Crippen molar-refractivity contribution in [3.63, 3.8) is 0 Å². The van der Waals surface area contributed by atoms with E-state index >= 15 is 0 Å². The fourth-order valence-corrected chi connectivity index (χ4v) is 2.48. The minimum atomic E-state index is -0.716. The molecule has 130 valence electrons. The van der Waals surface area contributed by atoms with Crippen molar-refractivity contribution in [1.29, 1.82) is 0 Å². The molecule has 25 heavy (non-hydrogen) atoms. The molecule has 8 nitrogen and oxygen atoms in total. The predicted molar refractivity (Wildman–Crippen MR) is 89.2 cm³/mol. The molecular weight excluding hydrogens is 328 g/mol. The maximum Gasteiger partial charge on any atom is 0.265 e. The van der Waals surface area contributed by atoms with Crippen molar-refractivity contribution in [2.75, 3.05) is 14.2 Å². The standard InChI is InChI=1S/C17H16N2O6/c1-23-12-6-10-11(7-13(12)24-2)19-17(22)14(15(10)20)16(21)18-8-9-4-3-5-25-9/h3-7H,8H2,1-2H3,(H,18,21)(H2,19,20,22). The number of pyridine rings is 1. The Kier molecular flexibility index (Phi) is 4.34. The third-order valence-corrected chi connectivity index (χ3v) is 3.72. The van der Waals surface area contributed by atoms with Gasteiger partial charge in [0, 0.05) is 11.5 Å². The highest BCUT2D eigenvalue weighted by molar-refractivity contribution is 6.02. The summed E-state index contributed by atoms with van der Waals surface area (Å²) in [6.45, 7) is 0.0919. The Hall–Kier alpha value is -3.42. The van der Waals surface area contributed by atoms with E-state index in [4.69, 9.17) is 13.9 Å². The molecular formula is C17H16N2O6. The summed E-state index contributed by atoms with van der Waals surface area (Å²) in [6, 6.07) is 6.37. The van der Waals surface area contributed by atoms with Crippen molar-refractivity contribution in [2.45, 2.75) is 6.54 Å². The number of carbonyl (C=O) groups excluding carboxylic acids is 1. The second-order valence-electron chi connectivity index (χ2n) is 5.19. The Balaban J connectivity index is 2.03. The molecule has 8 heteroatoms. The van der Waals surface area contributed by atoms with E-state index in [1.165, 1.54) is 32.6 Å². The van der Waals surface area contributed by atoms with E-state index in [9.17, 15) is 14.7 Å². The minimum Gasteiger partial charge on any atom is -0.506 e. The van der Waals surface area contributed by atoms with Gasteiger partial charge in [-0.3, -0.25) is 9.59 Å². The molecule has 3 rings (SSSR count). The van der Waals surface area contributed by atoms with Crippen LogP contribution in [0.15, 0.2) is 39.7 Å². The molecule has 3 N–H and O–H groups in total. The van der Waals surface area contributed by atoms with Gasteiger partial charge < -0.3 is 29.3 Å². The van der Waals surface area contributed by atoms with Crippen molar-refractivity contribution in [2.24, 2.45) is 0 Å². The zero-order chi connectivity index (χ0) is 18.0. The number of furan rings is 1. The van der Waals surface area contributed by atoms with Crippen molar-refractivity contribution in [3.8, 4) is 17.2 Å². The molecule has 0 fully saturated rings. The molecule has 0 aliphatic carbocycles. The average Bonchev–Trinajstić information content (AvgIpc) is 3.12. The topological polar surface area (TPSA) is 114 Å². The largest absolute Gasteiger partial charge is 0.506 e. The number of aromatic nitrogens is 1. The molecule has 0 aliphatic heterocycles. The smallest absolute Gasteiger partial charge is 0.265 e. The highest BCUT2D eigenvalue weighted by atomic mass is 16.5. The fourth-order valence-electron chi connectivity index (χ4n) is 2.48. The number of aromatic amines is 1. The van der Waals surface area contributed by atoms with Gasteiger partial charge >= 0.3 is 0 Å². The lowest BCUT2D eigenvalue weighted by molar-refractivity contribution is 0.0944. The van der Waals surface area contributed by atoms with Gasteiger partial charge in [0.2, 0.25) is 0 Å². The van der Waals surface area contributed by atoms with E-state index in [1.54, 1.807) is 12.1 Å². The van der Waals surface area contributed by atoms with E-state index in [0.29, 0.717) is 22.8 Å². The maximum absolute atomic E-state index is 12.3. The molecule has 0 saturated heterocycles. The number of fused-ring (bicyclic) bond motifs is 1. The van der Waals surface area contributed by atoms with E-state index in [-0.39, 0.29) is 17.5 Å². The number of H-pyrrole nitrogens is 1. The van der Waals surface area contributed by atoms with Crippen molar-refractivity contribution < 1.29 is 23.8 Å². The fraction of sp³-hybridized carbons (Fsp3) is 0.176. The number of rotatable bonds is 5. The lowest BCUT2D eigenvalue weighted by Crippen LogP contribution is -2.29. The van der Waals surface area contributed by atoms with Gasteiger partial charge in [0.15, 0.2) is 11.5 Å². The molecule has 0 bridgehead atoms. The molecule has 0 radical (unpaired) electrons. The quantitative estimate of drug-likeness (QED) is 0.650. The van der Waals surface area contributed by atoms with Crippen molar-refractivity contribution in [1.82, 2.24) is 10.3 Å². The van der Waals surface area contributed by atoms with Gasteiger partial charge in [-0.05, 0) is 18.2 Å². The summed E-state index contributed by atoms with van der Waals surface area (Å²) in [4.78, 5) is 27.1. The minimum absolute atomic E-state index is 0.0919. The van der Waals surface area contributed by atoms with Crippen LogP contribution < -0.4 is 20.3 Å². The van der Waals surface area contributed by atoms with Gasteiger partial charge in [0.1, 0.15) is 17.1 Å². The Morgan fingerprint density at radius 2 is 2.00 bits per heavy atom. The van der Waals surface area contributed by atoms with Crippen LogP contribution in [0.2, 0.25) is 0 Å². The number of amides is 1. The van der Waals surface area contributed by atoms with Crippen LogP contribution in [0.5, 0.6) is 17.2 Å². The van der Waals surface area contributed by atoms with E-state index in [0.717, 1.165) is 0 Å². The number of nitrogens with one attached hydrogen (secondary N) is 2. The monoisotopic (exact) mass is 344 g/mol. The lowest BCUT2D eigenvalue weighted by atomic mass is 10.1. The Labute approximate surface area is 142 Å². The van der Waals surface area contributed by atoms with E-state index < -0.39 is 17.2 Å². The molecule has 2 aromatic heterocycles. The van der Waals surface area contributed by atoms with Crippen molar-refractivity contribution in [3.05, 3.63) is 52.2 Å². The van der Waals surface area contributed by atoms with Crippen molar-refractivity contribution >= 4 is 16.8 Å².